The predicted octanol–water partition coefficient (Wildman–Crippen LogP) is 4.34. The zero-order chi connectivity index (χ0) is 20.2. The Bertz CT molecular complexity index is 794. The molecule has 2 atom stereocenters. The molecule has 4 saturated carbocycles. The smallest absolute Gasteiger partial charge is 0.418 e. The van der Waals surface area contributed by atoms with Gasteiger partial charge in [-0.1, -0.05) is 12.1 Å². The highest BCUT2D eigenvalue weighted by Crippen LogP contribution is 2.62. The van der Waals surface area contributed by atoms with E-state index in [-0.39, 0.29) is 11.7 Å². The molecule has 1 aromatic carbocycles. The first kappa shape index (κ1) is 19.1. The molecule has 0 aromatic heterocycles. The second kappa shape index (κ2) is 6.39. The van der Waals surface area contributed by atoms with Crippen LogP contribution in [0.3, 0.4) is 0 Å². The van der Waals surface area contributed by atoms with Crippen molar-refractivity contribution < 1.29 is 27.5 Å². The average Bonchev–Trinajstić information content (AvgIpc) is 2.58. The van der Waals surface area contributed by atoms with E-state index in [0.29, 0.717) is 18.3 Å². The van der Waals surface area contributed by atoms with Crippen LogP contribution in [0.5, 0.6) is 0 Å². The maximum Gasteiger partial charge on any atom is 0.418 e. The fourth-order valence-corrected chi connectivity index (χ4v) is 6.10. The van der Waals surface area contributed by atoms with Gasteiger partial charge in [0.1, 0.15) is 0 Å². The molecule has 8 heteroatoms. The predicted molar refractivity (Wildman–Crippen MR) is 95.5 cm³/mol. The van der Waals surface area contributed by atoms with Crippen molar-refractivity contribution in [3.8, 4) is 0 Å². The summed E-state index contributed by atoms with van der Waals surface area (Å²) in [5.41, 5.74) is -2.33. The number of carbonyl (C=O) groups is 2. The molecular formula is C20H23F3N2O3. The van der Waals surface area contributed by atoms with Crippen molar-refractivity contribution in [1.82, 2.24) is 5.32 Å². The minimum absolute atomic E-state index is 0.240. The van der Waals surface area contributed by atoms with Gasteiger partial charge < -0.3 is 15.4 Å². The van der Waals surface area contributed by atoms with Crippen LogP contribution in [0.25, 0.3) is 0 Å². The molecule has 152 valence electrons. The molecule has 0 spiro atoms. The molecule has 1 aromatic rings. The minimum Gasteiger partial charge on any atom is -0.469 e. The van der Waals surface area contributed by atoms with Crippen LogP contribution in [0.15, 0.2) is 24.3 Å². The normalized spacial score (nSPS) is 33.4. The number of carbonyl (C=O) groups excluding carboxylic acids is 2. The van der Waals surface area contributed by atoms with Crippen molar-refractivity contribution in [2.75, 3.05) is 12.4 Å². The van der Waals surface area contributed by atoms with Gasteiger partial charge in [0.05, 0.1) is 23.8 Å². The van der Waals surface area contributed by atoms with Gasteiger partial charge in [0.2, 0.25) is 0 Å². The van der Waals surface area contributed by atoms with Gasteiger partial charge in [-0.2, -0.15) is 13.2 Å². The first-order valence-corrected chi connectivity index (χ1v) is 9.49. The number of amides is 2. The van der Waals surface area contributed by atoms with E-state index < -0.39 is 28.7 Å². The molecule has 5 rings (SSSR count). The molecule has 0 aliphatic heterocycles. The van der Waals surface area contributed by atoms with Crippen LogP contribution in [0.1, 0.15) is 44.1 Å². The number of benzene rings is 1. The van der Waals surface area contributed by atoms with E-state index in [2.05, 4.69) is 10.6 Å². The summed E-state index contributed by atoms with van der Waals surface area (Å²) >= 11 is 0. The van der Waals surface area contributed by atoms with Crippen molar-refractivity contribution >= 4 is 17.7 Å². The second-order valence-corrected chi connectivity index (χ2v) is 8.64. The van der Waals surface area contributed by atoms with Gasteiger partial charge in [-0.3, -0.25) is 4.79 Å². The summed E-state index contributed by atoms with van der Waals surface area (Å²) in [4.78, 5) is 25.1. The highest BCUT2D eigenvalue weighted by Gasteiger charge is 2.61. The number of methoxy groups -OCH3 is 1. The molecular weight excluding hydrogens is 373 g/mol. The van der Waals surface area contributed by atoms with E-state index in [1.54, 1.807) is 0 Å². The Labute approximate surface area is 161 Å². The number of alkyl halides is 3. The summed E-state index contributed by atoms with van der Waals surface area (Å²) < 4.78 is 44.6. The van der Waals surface area contributed by atoms with Gasteiger partial charge in [0.15, 0.2) is 0 Å². The maximum atomic E-state index is 13.2. The number of esters is 1. The fourth-order valence-electron chi connectivity index (χ4n) is 6.10. The first-order chi connectivity index (χ1) is 13.1. The summed E-state index contributed by atoms with van der Waals surface area (Å²) in [5.74, 6) is 0.404. The Hall–Kier alpha value is -2.25. The highest BCUT2D eigenvalue weighted by atomic mass is 19.4. The Morgan fingerprint density at radius 1 is 1.11 bits per heavy atom. The lowest BCUT2D eigenvalue weighted by Gasteiger charge is -2.60. The lowest BCUT2D eigenvalue weighted by Crippen LogP contribution is -2.65. The number of hydrogen-bond donors (Lipinski definition) is 2. The molecule has 4 fully saturated rings. The maximum absolute atomic E-state index is 13.2. The Kier molecular flexibility index (Phi) is 4.35. The summed E-state index contributed by atoms with van der Waals surface area (Å²) in [6.45, 7) is 0. The van der Waals surface area contributed by atoms with E-state index in [4.69, 9.17) is 4.74 Å². The molecule has 2 amide bonds. The Morgan fingerprint density at radius 3 is 2.36 bits per heavy atom. The van der Waals surface area contributed by atoms with Crippen molar-refractivity contribution in [2.24, 2.45) is 17.3 Å². The topological polar surface area (TPSA) is 67.4 Å². The summed E-state index contributed by atoms with van der Waals surface area (Å²) in [7, 11) is 1.38. The number of halogens is 3. The third kappa shape index (κ3) is 3.22. The van der Waals surface area contributed by atoms with Crippen LogP contribution < -0.4 is 10.6 Å². The van der Waals surface area contributed by atoms with Gasteiger partial charge in [-0.15, -0.1) is 0 Å². The first-order valence-electron chi connectivity index (χ1n) is 9.49. The highest BCUT2D eigenvalue weighted by molar-refractivity contribution is 5.91. The average molecular weight is 396 g/mol. The minimum atomic E-state index is -4.56. The SMILES string of the molecule is COC(=O)C12C[C@H]3C[C@@H](CC(NC(=O)Nc4ccccc4C(F)(F)F)(C3)C1)C2. The number of ether oxygens (including phenoxy) is 1. The Morgan fingerprint density at radius 2 is 1.75 bits per heavy atom. The second-order valence-electron chi connectivity index (χ2n) is 8.64. The van der Waals surface area contributed by atoms with Gasteiger partial charge >= 0.3 is 18.2 Å². The molecule has 0 heterocycles. The molecule has 4 aliphatic carbocycles. The number of hydrogen-bond acceptors (Lipinski definition) is 3. The standard InChI is InChI=1S/C20H23F3N2O3/c1-28-16(26)18-7-12-6-13(8-18)10-19(9-12,11-18)25-17(27)24-15-5-3-2-4-14(15)20(21,22)23/h2-5,12-13H,6-11H2,1H3,(H2,24,25,27)/t12-,13-,18?,19?/m1/s1. The number of urea groups is 1. The number of anilines is 1. The molecule has 0 unspecified atom stereocenters. The molecule has 4 aliphatic rings. The van der Waals surface area contributed by atoms with E-state index >= 15 is 0 Å². The molecule has 2 N–H and O–H groups in total. The van der Waals surface area contributed by atoms with Crippen LogP contribution in [-0.4, -0.2) is 24.6 Å². The van der Waals surface area contributed by atoms with Crippen molar-refractivity contribution in [3.05, 3.63) is 29.8 Å². The molecule has 4 bridgehead atoms. The number of nitrogens with one attached hydrogen (secondary N) is 2. The van der Waals surface area contributed by atoms with Crippen molar-refractivity contribution in [2.45, 2.75) is 50.2 Å². The van der Waals surface area contributed by atoms with Crippen LogP contribution in [0, 0.1) is 17.3 Å². The zero-order valence-electron chi connectivity index (χ0n) is 15.6. The van der Waals surface area contributed by atoms with Gasteiger partial charge in [-0.05, 0) is 62.5 Å². The molecule has 28 heavy (non-hydrogen) atoms. The quantitative estimate of drug-likeness (QED) is 0.747. The molecule has 0 radical (unpaired) electrons. The monoisotopic (exact) mass is 396 g/mol. The fraction of sp³-hybridized carbons (Fsp3) is 0.600. The van der Waals surface area contributed by atoms with Crippen LogP contribution in [-0.2, 0) is 15.7 Å². The number of rotatable bonds is 3. The summed E-state index contributed by atoms with van der Waals surface area (Å²) in [5, 5.41) is 5.29. The van der Waals surface area contributed by atoms with Gasteiger partial charge in [-0.25, -0.2) is 4.79 Å². The summed E-state index contributed by atoms with van der Waals surface area (Å²) in [6, 6.07) is 4.23. The van der Waals surface area contributed by atoms with Crippen LogP contribution in [0.4, 0.5) is 23.7 Å². The van der Waals surface area contributed by atoms with E-state index in [9.17, 15) is 22.8 Å². The Balaban J connectivity index is 1.53. The molecule has 0 saturated heterocycles. The lowest BCUT2D eigenvalue weighted by atomic mass is 9.47. The lowest BCUT2D eigenvalue weighted by molar-refractivity contribution is -0.171. The summed E-state index contributed by atoms with van der Waals surface area (Å²) in [6.07, 6.45) is -0.0301. The van der Waals surface area contributed by atoms with E-state index in [1.165, 1.54) is 25.3 Å². The van der Waals surface area contributed by atoms with Crippen molar-refractivity contribution in [3.63, 3.8) is 0 Å². The third-order valence-electron chi connectivity index (χ3n) is 6.54. The van der Waals surface area contributed by atoms with Crippen LogP contribution in [0.2, 0.25) is 0 Å². The van der Waals surface area contributed by atoms with E-state index in [0.717, 1.165) is 38.2 Å². The van der Waals surface area contributed by atoms with Crippen molar-refractivity contribution in [1.29, 1.82) is 0 Å². The zero-order valence-corrected chi connectivity index (χ0v) is 15.6. The number of para-hydroxylation sites is 1. The van der Waals surface area contributed by atoms with Gasteiger partial charge in [0.25, 0.3) is 0 Å². The molecule has 5 nitrogen and oxygen atoms in total. The van der Waals surface area contributed by atoms with Gasteiger partial charge in [0, 0.05) is 5.54 Å². The van der Waals surface area contributed by atoms with E-state index in [1.807, 2.05) is 0 Å². The third-order valence-corrected chi connectivity index (χ3v) is 6.54. The van der Waals surface area contributed by atoms with Crippen LogP contribution >= 0.6 is 0 Å². The largest absolute Gasteiger partial charge is 0.469 e.